The molecule has 3 heterocycles. The van der Waals surface area contributed by atoms with E-state index in [1.165, 1.54) is 12.1 Å². The molecule has 1 saturated heterocycles. The highest BCUT2D eigenvalue weighted by molar-refractivity contribution is 6.08. The molecule has 0 N–H and O–H groups in total. The van der Waals surface area contributed by atoms with Crippen LogP contribution in [-0.4, -0.2) is 46.5 Å². The van der Waals surface area contributed by atoms with Gasteiger partial charge in [0, 0.05) is 6.20 Å². The van der Waals surface area contributed by atoms with Gasteiger partial charge in [-0.25, -0.2) is 9.37 Å². The second kappa shape index (κ2) is 8.44. The molecule has 0 aliphatic carbocycles. The molecule has 1 unspecified atom stereocenters. The summed E-state index contributed by atoms with van der Waals surface area (Å²) in [6.07, 6.45) is 5.74. The lowest BCUT2D eigenvalue weighted by Gasteiger charge is -2.47. The van der Waals surface area contributed by atoms with Crippen LogP contribution >= 0.6 is 0 Å². The van der Waals surface area contributed by atoms with Gasteiger partial charge >= 0.3 is 0 Å². The summed E-state index contributed by atoms with van der Waals surface area (Å²) in [5, 5.41) is 0. The Hall–Kier alpha value is -3.94. The van der Waals surface area contributed by atoms with Gasteiger partial charge in [-0.15, -0.1) is 0 Å². The van der Waals surface area contributed by atoms with Gasteiger partial charge in [0.25, 0.3) is 0 Å². The molecule has 174 valence electrons. The number of nitrogens with zero attached hydrogens (tertiary/aromatic N) is 4. The van der Waals surface area contributed by atoms with E-state index in [0.717, 1.165) is 22.5 Å². The van der Waals surface area contributed by atoms with E-state index < -0.39 is 5.54 Å². The van der Waals surface area contributed by atoms with Crippen LogP contribution in [0.2, 0.25) is 0 Å². The van der Waals surface area contributed by atoms with E-state index in [-0.39, 0.29) is 18.1 Å². The van der Waals surface area contributed by atoms with Crippen molar-refractivity contribution in [3.63, 3.8) is 0 Å². The van der Waals surface area contributed by atoms with Crippen molar-refractivity contribution in [3.8, 4) is 11.4 Å². The van der Waals surface area contributed by atoms with E-state index in [1.54, 1.807) is 25.6 Å². The molecule has 2 aliphatic heterocycles. The van der Waals surface area contributed by atoms with Crippen LogP contribution in [0.25, 0.3) is 11.8 Å². The summed E-state index contributed by atoms with van der Waals surface area (Å²) in [5.74, 6) is 1.13. The van der Waals surface area contributed by atoms with Crippen LogP contribution in [0.3, 0.4) is 0 Å². The summed E-state index contributed by atoms with van der Waals surface area (Å²) in [6.45, 7) is 4.93. The van der Waals surface area contributed by atoms with Gasteiger partial charge < -0.3 is 18.9 Å². The lowest BCUT2D eigenvalue weighted by atomic mass is 9.84. The second-order valence-corrected chi connectivity index (χ2v) is 8.65. The van der Waals surface area contributed by atoms with E-state index in [2.05, 4.69) is 14.9 Å². The number of carbonyl (C=O) groups excluding carboxylic acids is 1. The fraction of sp³-hybridized carbons (Fsp3) is 0.269. The van der Waals surface area contributed by atoms with Gasteiger partial charge in [0.15, 0.2) is 11.6 Å². The SMILES string of the molecule is COc1cc(/C=C2/OCCN3C2=NC(=O)CC3(C)c2ccc(F)cc2)ccc1-n1cnc(C)c1. The summed E-state index contributed by atoms with van der Waals surface area (Å²) < 4.78 is 27.0. The van der Waals surface area contributed by atoms with Gasteiger partial charge in [0.05, 0.1) is 43.3 Å². The number of imidazole rings is 1. The highest BCUT2D eigenvalue weighted by Gasteiger charge is 2.44. The zero-order valence-electron chi connectivity index (χ0n) is 19.3. The maximum Gasteiger partial charge on any atom is 0.250 e. The number of halogens is 1. The summed E-state index contributed by atoms with van der Waals surface area (Å²) in [7, 11) is 1.62. The first kappa shape index (κ1) is 21.9. The third-order valence-electron chi connectivity index (χ3n) is 6.33. The highest BCUT2D eigenvalue weighted by atomic mass is 19.1. The minimum absolute atomic E-state index is 0.211. The topological polar surface area (TPSA) is 69.0 Å². The summed E-state index contributed by atoms with van der Waals surface area (Å²) in [4.78, 5) is 23.4. The number of morpholine rings is 1. The zero-order chi connectivity index (χ0) is 23.9. The summed E-state index contributed by atoms with van der Waals surface area (Å²) >= 11 is 0. The van der Waals surface area contributed by atoms with Gasteiger partial charge in [-0.05, 0) is 55.3 Å². The Morgan fingerprint density at radius 2 is 2.00 bits per heavy atom. The molecule has 0 radical (unpaired) electrons. The number of hydrogen-bond acceptors (Lipinski definition) is 5. The Morgan fingerprint density at radius 3 is 2.71 bits per heavy atom. The molecule has 2 aliphatic rings. The third-order valence-corrected chi connectivity index (χ3v) is 6.33. The van der Waals surface area contributed by atoms with Crippen LogP contribution in [0.15, 0.2) is 65.7 Å². The Morgan fingerprint density at radius 1 is 1.21 bits per heavy atom. The number of carbonyl (C=O) groups is 1. The Balaban J connectivity index is 1.52. The number of methoxy groups -OCH3 is 1. The molecule has 0 bridgehead atoms. The molecule has 0 spiro atoms. The quantitative estimate of drug-likeness (QED) is 0.582. The number of aryl methyl sites for hydroxylation is 1. The molecule has 5 rings (SSSR count). The lowest BCUT2D eigenvalue weighted by molar-refractivity contribution is -0.121. The molecule has 3 aromatic rings. The number of hydrogen-bond donors (Lipinski definition) is 0. The van der Waals surface area contributed by atoms with Gasteiger partial charge in [0.1, 0.15) is 18.2 Å². The summed E-state index contributed by atoms with van der Waals surface area (Å²) in [5.41, 5.74) is 2.83. The number of benzene rings is 2. The van der Waals surface area contributed by atoms with Crippen LogP contribution in [0.1, 0.15) is 30.2 Å². The van der Waals surface area contributed by atoms with Crippen molar-refractivity contribution in [2.45, 2.75) is 25.8 Å². The zero-order valence-corrected chi connectivity index (χ0v) is 19.3. The minimum atomic E-state index is -0.647. The predicted molar refractivity (Wildman–Crippen MR) is 126 cm³/mol. The molecular weight excluding hydrogens is 435 g/mol. The van der Waals surface area contributed by atoms with Crippen molar-refractivity contribution in [2.75, 3.05) is 20.3 Å². The van der Waals surface area contributed by atoms with Crippen molar-refractivity contribution < 1.29 is 18.7 Å². The van der Waals surface area contributed by atoms with Crippen LogP contribution in [0.4, 0.5) is 4.39 Å². The molecule has 0 saturated carbocycles. The number of aromatic nitrogens is 2. The summed E-state index contributed by atoms with van der Waals surface area (Å²) in [6, 6.07) is 12.1. The van der Waals surface area contributed by atoms with E-state index in [1.807, 2.05) is 48.9 Å². The predicted octanol–water partition coefficient (Wildman–Crippen LogP) is 4.25. The minimum Gasteiger partial charge on any atom is -0.495 e. The first-order valence-corrected chi connectivity index (χ1v) is 11.1. The number of amides is 1. The molecule has 1 fully saturated rings. The van der Waals surface area contributed by atoms with Crippen LogP contribution in [0, 0.1) is 12.7 Å². The molecule has 8 heteroatoms. The van der Waals surface area contributed by atoms with E-state index in [9.17, 15) is 9.18 Å². The van der Waals surface area contributed by atoms with Gasteiger partial charge in [-0.1, -0.05) is 18.2 Å². The number of fused-ring (bicyclic) bond motifs is 1. The van der Waals surface area contributed by atoms with Crippen molar-refractivity contribution in [3.05, 3.63) is 83.4 Å². The van der Waals surface area contributed by atoms with Crippen molar-refractivity contribution in [1.29, 1.82) is 0 Å². The molecular formula is C26H25FN4O3. The maximum absolute atomic E-state index is 13.5. The van der Waals surface area contributed by atoms with Gasteiger partial charge in [-0.3, -0.25) is 4.79 Å². The van der Waals surface area contributed by atoms with E-state index in [0.29, 0.717) is 30.5 Å². The van der Waals surface area contributed by atoms with E-state index >= 15 is 0 Å². The average Bonchev–Trinajstić information content (AvgIpc) is 3.26. The smallest absolute Gasteiger partial charge is 0.250 e. The largest absolute Gasteiger partial charge is 0.495 e. The van der Waals surface area contributed by atoms with Gasteiger partial charge in [0.2, 0.25) is 5.91 Å². The molecule has 1 atom stereocenters. The molecule has 1 aromatic heterocycles. The van der Waals surface area contributed by atoms with E-state index in [4.69, 9.17) is 9.47 Å². The van der Waals surface area contributed by atoms with Crippen molar-refractivity contribution in [2.24, 2.45) is 4.99 Å². The van der Waals surface area contributed by atoms with Gasteiger partial charge in [-0.2, -0.15) is 4.99 Å². The molecule has 34 heavy (non-hydrogen) atoms. The lowest BCUT2D eigenvalue weighted by Crippen LogP contribution is -2.55. The number of rotatable bonds is 4. The first-order chi connectivity index (χ1) is 16.4. The highest BCUT2D eigenvalue weighted by Crippen LogP contribution is 2.39. The molecule has 2 aromatic carbocycles. The fourth-order valence-electron chi connectivity index (χ4n) is 4.57. The van der Waals surface area contributed by atoms with Crippen LogP contribution in [-0.2, 0) is 15.1 Å². The fourth-order valence-corrected chi connectivity index (χ4v) is 4.57. The first-order valence-electron chi connectivity index (χ1n) is 11.1. The third kappa shape index (κ3) is 3.85. The maximum atomic E-state index is 13.5. The monoisotopic (exact) mass is 460 g/mol. The Bertz CT molecular complexity index is 1310. The van der Waals surface area contributed by atoms with Crippen LogP contribution < -0.4 is 4.74 Å². The second-order valence-electron chi connectivity index (χ2n) is 8.65. The molecule has 1 amide bonds. The Labute approximate surface area is 197 Å². The normalized spacial score (nSPS) is 21.2. The van der Waals surface area contributed by atoms with Crippen molar-refractivity contribution in [1.82, 2.24) is 14.5 Å². The number of aliphatic imine (C=N–C) groups is 1. The van der Waals surface area contributed by atoms with Crippen molar-refractivity contribution >= 4 is 17.8 Å². The number of amidine groups is 1. The standard InChI is InChI=1S/C26H25FN4O3/c1-17-15-30(16-28-17)21-9-4-18(12-22(21)33-3)13-23-25-29-24(32)14-26(2,31(25)10-11-34-23)19-5-7-20(27)8-6-19/h4-9,12-13,15-16H,10-11,14H2,1-3H3/b23-13+. The average molecular weight is 461 g/mol. The number of ether oxygens (including phenoxy) is 2. The Kier molecular flexibility index (Phi) is 5.43. The van der Waals surface area contributed by atoms with Crippen LogP contribution in [0.5, 0.6) is 5.75 Å². The molecule has 7 nitrogen and oxygen atoms in total.